The minimum atomic E-state index is -4.36. The number of benzene rings is 4. The molecule has 1 aliphatic carbocycles. The summed E-state index contributed by atoms with van der Waals surface area (Å²) in [7, 11) is -8.71. The second-order valence-corrected chi connectivity index (χ2v) is 19.2. The Morgan fingerprint density at radius 2 is 1.36 bits per heavy atom. The predicted octanol–water partition coefficient (Wildman–Crippen LogP) is 6.08. The van der Waals surface area contributed by atoms with Gasteiger partial charge in [-0.25, -0.2) is 16.8 Å². The largest absolute Gasteiger partial charge is 1.00 e. The number of halogens is 1. The molecule has 0 atom stereocenters. The minimum absolute atomic E-state index is 0. The summed E-state index contributed by atoms with van der Waals surface area (Å²) in [6, 6.07) is 24.8. The minimum Gasteiger partial charge on any atom is -0.748 e. The first kappa shape index (κ1) is 42.5. The van der Waals surface area contributed by atoms with Gasteiger partial charge in [0.05, 0.1) is 25.7 Å². The monoisotopic (exact) mass is 820 g/mol. The van der Waals surface area contributed by atoms with Crippen LogP contribution in [0.1, 0.15) is 70.9 Å². The van der Waals surface area contributed by atoms with E-state index in [1.165, 1.54) is 0 Å². The average molecular weight is 821 g/mol. The van der Waals surface area contributed by atoms with Gasteiger partial charge in [0.1, 0.15) is 6.54 Å². The van der Waals surface area contributed by atoms with Crippen LogP contribution in [0.15, 0.2) is 119 Å². The molecule has 3 aliphatic rings. The molecule has 56 heavy (non-hydrogen) atoms. The maximum Gasteiger partial charge on any atom is 1.00 e. The molecule has 0 saturated carbocycles. The summed E-state index contributed by atoms with van der Waals surface area (Å²) in [5, 5.41) is 5.21. The summed E-state index contributed by atoms with van der Waals surface area (Å²) in [4.78, 5) is 2.15. The second-order valence-electron chi connectivity index (χ2n) is 15.8. The van der Waals surface area contributed by atoms with Crippen molar-refractivity contribution in [3.05, 3.63) is 130 Å². The average Bonchev–Trinajstić information content (AvgIpc) is 3.47. The van der Waals surface area contributed by atoms with Crippen LogP contribution in [0.25, 0.3) is 21.5 Å². The van der Waals surface area contributed by atoms with Gasteiger partial charge in [0, 0.05) is 64.0 Å². The fourth-order valence-electron chi connectivity index (χ4n) is 8.92. The Bertz CT molecular complexity index is 2610. The Balaban J connectivity index is 0.00000532. The zero-order chi connectivity index (χ0) is 39.3. The van der Waals surface area contributed by atoms with Crippen molar-refractivity contribution in [1.29, 1.82) is 0 Å². The first-order valence-electron chi connectivity index (χ1n) is 18.8. The standard InChI is InChI=1S/C44H47ClN2O6S2.Na/c1-43(2)38(46(26-10-28-54(48,49)50)36-22-18-30-12-5-7-16-34(30)40(36)43)24-20-32-14-9-15-33(42(32)45)21-25-39-44(3,4)41-35-17-8-6-13-31(35)19-23-37(41)47(39)27-11-29-55(51,52)53;/h5-8,12-13,16-25H,9-11,14-15,26-29H2,1-4H3,(H-,48,49,50,51,52,53);/q;+1/p-1. The van der Waals surface area contributed by atoms with E-state index in [9.17, 15) is 25.9 Å². The molecule has 12 heteroatoms. The van der Waals surface area contributed by atoms with Crippen LogP contribution in [0.3, 0.4) is 0 Å². The molecule has 0 N–H and O–H groups in total. The normalized spacial score (nSPS) is 19.4. The molecule has 0 fully saturated rings. The zero-order valence-corrected chi connectivity index (χ0v) is 37.0. The van der Waals surface area contributed by atoms with E-state index in [2.05, 4.69) is 110 Å². The molecule has 7 rings (SSSR count). The molecule has 4 aromatic carbocycles. The van der Waals surface area contributed by atoms with Gasteiger partial charge in [0.25, 0.3) is 0 Å². The van der Waals surface area contributed by atoms with Crippen molar-refractivity contribution in [2.75, 3.05) is 29.5 Å². The summed E-state index contributed by atoms with van der Waals surface area (Å²) in [6.07, 6.45) is 11.3. The fraction of sp³-hybridized carbons (Fsp3) is 0.341. The smallest absolute Gasteiger partial charge is 0.748 e. The van der Waals surface area contributed by atoms with E-state index in [4.69, 9.17) is 11.6 Å². The molecule has 0 spiro atoms. The number of hydrogen-bond donors (Lipinski definition) is 0. The van der Waals surface area contributed by atoms with Crippen LogP contribution in [0.2, 0.25) is 0 Å². The number of fused-ring (bicyclic) bond motifs is 6. The summed E-state index contributed by atoms with van der Waals surface area (Å²) in [6.45, 7) is 9.48. The van der Waals surface area contributed by atoms with Crippen LogP contribution >= 0.6 is 11.6 Å². The van der Waals surface area contributed by atoms with E-state index in [1.54, 1.807) is 0 Å². The first-order valence-corrected chi connectivity index (χ1v) is 22.3. The van der Waals surface area contributed by atoms with E-state index in [1.807, 2.05) is 24.3 Å². The SMILES string of the molecule is CC1(C)C(=CC=C2CCCC(C=CC3=[N+](CCCS(=O)(=O)[O-])c4ccc5ccccc5c4C3(C)C)=C2Cl)N(CCCS(=O)(=O)[O-])c2ccc3ccccc3c21.[Na+]. The summed E-state index contributed by atoms with van der Waals surface area (Å²) in [5.74, 6) is -0.866. The number of anilines is 1. The van der Waals surface area contributed by atoms with Crippen LogP contribution in [0.4, 0.5) is 11.4 Å². The molecular weight excluding hydrogens is 775 g/mol. The van der Waals surface area contributed by atoms with Gasteiger partial charge < -0.3 is 14.0 Å². The van der Waals surface area contributed by atoms with Gasteiger partial charge in [-0.3, -0.25) is 0 Å². The van der Waals surface area contributed by atoms with Gasteiger partial charge in [0.15, 0.2) is 5.71 Å². The van der Waals surface area contributed by atoms with Crippen LogP contribution in [-0.4, -0.2) is 60.8 Å². The number of hydrogen-bond acceptors (Lipinski definition) is 7. The topological polar surface area (TPSA) is 121 Å². The third-order valence-corrected chi connectivity index (χ3v) is 13.5. The maximum absolute atomic E-state index is 11.6. The number of nitrogens with zero attached hydrogens (tertiary/aromatic N) is 2. The molecule has 0 saturated heterocycles. The van der Waals surface area contributed by atoms with Crippen LogP contribution < -0.4 is 34.5 Å². The van der Waals surface area contributed by atoms with Crippen molar-refractivity contribution in [1.82, 2.24) is 0 Å². The van der Waals surface area contributed by atoms with E-state index >= 15 is 0 Å². The molecule has 0 unspecified atom stereocenters. The van der Waals surface area contributed by atoms with Crippen LogP contribution in [0.5, 0.6) is 0 Å². The second kappa shape index (κ2) is 16.3. The molecule has 0 amide bonds. The Morgan fingerprint density at radius 3 is 2.02 bits per heavy atom. The van der Waals surface area contributed by atoms with Crippen molar-refractivity contribution in [2.45, 2.75) is 70.6 Å². The van der Waals surface area contributed by atoms with Crippen molar-refractivity contribution in [2.24, 2.45) is 0 Å². The van der Waals surface area contributed by atoms with Gasteiger partial charge in [-0.05, 0) is 96.0 Å². The van der Waals surface area contributed by atoms with Crippen LogP contribution in [-0.2, 0) is 31.1 Å². The Kier molecular flexibility index (Phi) is 12.4. The van der Waals surface area contributed by atoms with Gasteiger partial charge in [-0.15, -0.1) is 0 Å². The summed E-state index contributed by atoms with van der Waals surface area (Å²) in [5.41, 5.74) is 7.51. The Hall–Kier alpha value is -3.06. The van der Waals surface area contributed by atoms with Gasteiger partial charge >= 0.3 is 29.6 Å². The number of rotatable bonds is 11. The van der Waals surface area contributed by atoms with Crippen LogP contribution in [0, 0.1) is 0 Å². The quantitative estimate of drug-likeness (QED) is 0.102. The predicted molar refractivity (Wildman–Crippen MR) is 221 cm³/mol. The van der Waals surface area contributed by atoms with Gasteiger partial charge in [-0.1, -0.05) is 92.2 Å². The van der Waals surface area contributed by atoms with Crippen molar-refractivity contribution >= 4 is 70.5 Å². The molecule has 8 nitrogen and oxygen atoms in total. The molecule has 2 aliphatic heterocycles. The third kappa shape index (κ3) is 8.41. The maximum atomic E-state index is 11.6. The fourth-order valence-corrected chi connectivity index (χ4v) is 10.2. The molecular formula is C44H46ClN2NaO6S2. The van der Waals surface area contributed by atoms with Gasteiger partial charge in [0.2, 0.25) is 5.69 Å². The van der Waals surface area contributed by atoms with Gasteiger partial charge in [-0.2, -0.15) is 4.58 Å². The molecule has 2 heterocycles. The van der Waals surface area contributed by atoms with E-state index in [0.29, 0.717) is 18.1 Å². The summed E-state index contributed by atoms with van der Waals surface area (Å²) < 4.78 is 71.5. The summed E-state index contributed by atoms with van der Waals surface area (Å²) >= 11 is 7.23. The molecule has 0 radical (unpaired) electrons. The Morgan fingerprint density at radius 1 is 0.750 bits per heavy atom. The number of allylic oxidation sites excluding steroid dienone is 8. The van der Waals surface area contributed by atoms with E-state index in [-0.39, 0.29) is 42.4 Å². The van der Waals surface area contributed by atoms with Crippen molar-refractivity contribution in [3.8, 4) is 0 Å². The molecule has 0 bridgehead atoms. The van der Waals surface area contributed by atoms with Crippen molar-refractivity contribution in [3.63, 3.8) is 0 Å². The molecule has 4 aromatic rings. The zero-order valence-electron chi connectivity index (χ0n) is 32.6. The van der Waals surface area contributed by atoms with Crippen molar-refractivity contribution < 1.29 is 60.1 Å². The van der Waals surface area contributed by atoms with E-state index in [0.717, 1.165) is 85.9 Å². The molecule has 0 aromatic heterocycles. The molecule has 288 valence electrons. The Labute approximate surface area is 358 Å². The first-order chi connectivity index (χ1) is 26.0. The van der Waals surface area contributed by atoms with E-state index < -0.39 is 42.6 Å². The third-order valence-electron chi connectivity index (χ3n) is 11.4.